The van der Waals surface area contributed by atoms with Gasteiger partial charge in [0.1, 0.15) is 11.6 Å². The van der Waals surface area contributed by atoms with Gasteiger partial charge in [-0.25, -0.2) is 9.82 Å². The number of carbonyl (C=O) groups is 2. The molecule has 0 aliphatic carbocycles. The number of hydrazone groups is 1. The van der Waals surface area contributed by atoms with Gasteiger partial charge in [-0.3, -0.25) is 9.59 Å². The molecule has 0 aliphatic rings. The van der Waals surface area contributed by atoms with E-state index in [0.717, 1.165) is 4.47 Å². The summed E-state index contributed by atoms with van der Waals surface area (Å²) in [5.41, 5.74) is 3.22. The Hall–Kier alpha value is -2.26. The largest absolute Gasteiger partial charge is 0.483 e. The summed E-state index contributed by atoms with van der Waals surface area (Å²) < 4.78 is 19.8. The predicted molar refractivity (Wildman–Crippen MR) is 108 cm³/mol. The maximum Gasteiger partial charge on any atom is 0.277 e. The standard InChI is InChI=1S/C18H16Br2FN3O3/c1-11(8-17(25)22-14-5-3-13(21)4-6-14)23-24-18(26)10-27-16-7-2-12(19)9-15(16)20/h2-7,9H,8,10H2,1H3,(H,22,25)(H,24,26)/b23-11-. The Morgan fingerprint density at radius 1 is 1.11 bits per heavy atom. The number of carbonyl (C=O) groups excluding carboxylic acids is 2. The first-order chi connectivity index (χ1) is 12.8. The second-order valence-electron chi connectivity index (χ2n) is 5.48. The summed E-state index contributed by atoms with van der Waals surface area (Å²) in [4.78, 5) is 23.7. The normalized spacial score (nSPS) is 11.0. The van der Waals surface area contributed by atoms with Gasteiger partial charge < -0.3 is 10.1 Å². The maximum absolute atomic E-state index is 12.8. The molecule has 27 heavy (non-hydrogen) atoms. The summed E-state index contributed by atoms with van der Waals surface area (Å²) in [6, 6.07) is 10.7. The van der Waals surface area contributed by atoms with Gasteiger partial charge in [0, 0.05) is 15.9 Å². The van der Waals surface area contributed by atoms with Gasteiger partial charge in [0.2, 0.25) is 5.91 Å². The lowest BCUT2D eigenvalue weighted by molar-refractivity contribution is -0.123. The van der Waals surface area contributed by atoms with E-state index < -0.39 is 5.91 Å². The Morgan fingerprint density at radius 2 is 1.81 bits per heavy atom. The molecule has 0 bridgehead atoms. The average molecular weight is 501 g/mol. The van der Waals surface area contributed by atoms with Crippen LogP contribution in [-0.2, 0) is 9.59 Å². The number of rotatable bonds is 7. The highest BCUT2D eigenvalue weighted by Gasteiger charge is 2.08. The average Bonchev–Trinajstić information content (AvgIpc) is 2.61. The second-order valence-corrected chi connectivity index (χ2v) is 7.25. The maximum atomic E-state index is 12.8. The van der Waals surface area contributed by atoms with Gasteiger partial charge in [0.05, 0.1) is 10.9 Å². The first-order valence-electron chi connectivity index (χ1n) is 7.79. The third-order valence-electron chi connectivity index (χ3n) is 3.17. The lowest BCUT2D eigenvalue weighted by Crippen LogP contribution is -2.26. The van der Waals surface area contributed by atoms with Crippen LogP contribution in [0.25, 0.3) is 0 Å². The molecule has 0 saturated heterocycles. The van der Waals surface area contributed by atoms with Crippen LogP contribution in [-0.4, -0.2) is 24.1 Å². The summed E-state index contributed by atoms with van der Waals surface area (Å²) in [6.07, 6.45) is -0.0171. The summed E-state index contributed by atoms with van der Waals surface area (Å²) in [5.74, 6) is -0.645. The van der Waals surface area contributed by atoms with Crippen molar-refractivity contribution in [1.82, 2.24) is 5.43 Å². The van der Waals surface area contributed by atoms with Gasteiger partial charge in [-0.15, -0.1) is 0 Å². The number of anilines is 1. The monoisotopic (exact) mass is 499 g/mol. The van der Waals surface area contributed by atoms with E-state index in [4.69, 9.17) is 4.74 Å². The first kappa shape index (κ1) is 21.0. The summed E-state index contributed by atoms with van der Waals surface area (Å²) in [6.45, 7) is 1.38. The molecule has 0 saturated carbocycles. The van der Waals surface area contributed by atoms with Crippen molar-refractivity contribution in [2.24, 2.45) is 5.10 Å². The predicted octanol–water partition coefficient (Wildman–Crippen LogP) is 4.25. The quantitative estimate of drug-likeness (QED) is 0.440. The number of benzene rings is 2. The smallest absolute Gasteiger partial charge is 0.277 e. The van der Waals surface area contributed by atoms with Gasteiger partial charge in [-0.2, -0.15) is 5.10 Å². The minimum absolute atomic E-state index is 0.0171. The Kier molecular flexibility index (Phi) is 7.93. The van der Waals surface area contributed by atoms with Crippen molar-refractivity contribution in [3.63, 3.8) is 0 Å². The summed E-state index contributed by atoms with van der Waals surface area (Å²) >= 11 is 6.67. The van der Waals surface area contributed by atoms with Crippen molar-refractivity contribution < 1.29 is 18.7 Å². The fourth-order valence-corrected chi connectivity index (χ4v) is 3.10. The molecule has 142 valence electrons. The van der Waals surface area contributed by atoms with Crippen LogP contribution in [0, 0.1) is 5.82 Å². The molecule has 0 heterocycles. The number of hydrogen-bond acceptors (Lipinski definition) is 4. The zero-order chi connectivity index (χ0) is 19.8. The van der Waals surface area contributed by atoms with Gasteiger partial charge in [-0.05, 0) is 65.3 Å². The van der Waals surface area contributed by atoms with Crippen molar-refractivity contribution in [2.75, 3.05) is 11.9 Å². The van der Waals surface area contributed by atoms with Crippen molar-refractivity contribution in [2.45, 2.75) is 13.3 Å². The lowest BCUT2D eigenvalue weighted by Gasteiger charge is -2.08. The van der Waals surface area contributed by atoms with Crippen LogP contribution in [0.15, 0.2) is 56.5 Å². The molecule has 0 atom stereocenters. The highest BCUT2D eigenvalue weighted by atomic mass is 79.9. The molecule has 6 nitrogen and oxygen atoms in total. The number of halogens is 3. The van der Waals surface area contributed by atoms with E-state index in [1.165, 1.54) is 24.3 Å². The van der Waals surface area contributed by atoms with Gasteiger partial charge >= 0.3 is 0 Å². The van der Waals surface area contributed by atoms with E-state index in [-0.39, 0.29) is 24.8 Å². The second kappa shape index (κ2) is 10.2. The van der Waals surface area contributed by atoms with Gasteiger partial charge in [0.25, 0.3) is 5.91 Å². The zero-order valence-corrected chi connectivity index (χ0v) is 17.4. The molecule has 0 radical (unpaired) electrons. The Balaban J connectivity index is 1.77. The van der Waals surface area contributed by atoms with E-state index in [1.54, 1.807) is 25.1 Å². The summed E-state index contributed by atoms with van der Waals surface area (Å²) in [7, 11) is 0. The number of ether oxygens (including phenoxy) is 1. The van der Waals surface area contributed by atoms with Crippen molar-refractivity contribution in [3.8, 4) is 5.75 Å². The molecule has 9 heteroatoms. The zero-order valence-electron chi connectivity index (χ0n) is 14.3. The van der Waals surface area contributed by atoms with E-state index in [0.29, 0.717) is 21.6 Å². The molecule has 2 amide bonds. The number of hydrogen-bond donors (Lipinski definition) is 2. The van der Waals surface area contributed by atoms with Crippen molar-refractivity contribution in [3.05, 3.63) is 57.2 Å². The third-order valence-corrected chi connectivity index (χ3v) is 4.28. The van der Waals surface area contributed by atoms with E-state index in [9.17, 15) is 14.0 Å². The molecular weight excluding hydrogens is 485 g/mol. The molecule has 0 spiro atoms. The van der Waals surface area contributed by atoms with Gasteiger partial charge in [0.15, 0.2) is 6.61 Å². The van der Waals surface area contributed by atoms with Gasteiger partial charge in [-0.1, -0.05) is 15.9 Å². The topological polar surface area (TPSA) is 79.8 Å². The van der Waals surface area contributed by atoms with E-state index in [1.807, 2.05) is 0 Å². The van der Waals surface area contributed by atoms with Crippen LogP contribution in [0.3, 0.4) is 0 Å². The molecule has 2 aromatic carbocycles. The van der Waals surface area contributed by atoms with Crippen LogP contribution in [0.4, 0.5) is 10.1 Å². The minimum atomic E-state index is -0.455. The van der Waals surface area contributed by atoms with Crippen LogP contribution in [0.1, 0.15) is 13.3 Å². The lowest BCUT2D eigenvalue weighted by atomic mass is 10.2. The van der Waals surface area contributed by atoms with Crippen molar-refractivity contribution >= 4 is 55.1 Å². The van der Waals surface area contributed by atoms with E-state index >= 15 is 0 Å². The molecular formula is C18H16Br2FN3O3. The summed E-state index contributed by atoms with van der Waals surface area (Å²) in [5, 5.41) is 6.48. The van der Waals surface area contributed by atoms with Crippen LogP contribution >= 0.6 is 31.9 Å². The number of amides is 2. The highest BCUT2D eigenvalue weighted by molar-refractivity contribution is 9.11. The molecule has 2 N–H and O–H groups in total. The van der Waals surface area contributed by atoms with Crippen LogP contribution in [0.2, 0.25) is 0 Å². The Labute approximate surface area is 172 Å². The highest BCUT2D eigenvalue weighted by Crippen LogP contribution is 2.28. The molecule has 0 unspecified atom stereocenters. The number of nitrogens with zero attached hydrogens (tertiary/aromatic N) is 1. The Bertz CT molecular complexity index is 857. The molecule has 2 rings (SSSR count). The fraction of sp³-hybridized carbons (Fsp3) is 0.167. The van der Waals surface area contributed by atoms with Crippen LogP contribution < -0.4 is 15.5 Å². The van der Waals surface area contributed by atoms with Crippen LogP contribution in [0.5, 0.6) is 5.75 Å². The fourth-order valence-electron chi connectivity index (χ4n) is 1.94. The molecule has 2 aromatic rings. The molecule has 0 fully saturated rings. The third kappa shape index (κ3) is 7.48. The molecule has 0 aromatic heterocycles. The SMILES string of the molecule is C/C(CC(=O)Nc1ccc(F)cc1)=N/NC(=O)COc1ccc(Br)cc1Br. The van der Waals surface area contributed by atoms with E-state index in [2.05, 4.69) is 47.7 Å². The first-order valence-corrected chi connectivity index (χ1v) is 9.37. The van der Waals surface area contributed by atoms with Crippen molar-refractivity contribution in [1.29, 1.82) is 0 Å². The molecule has 0 aliphatic heterocycles. The Morgan fingerprint density at radius 3 is 2.48 bits per heavy atom. The number of nitrogens with one attached hydrogen (secondary N) is 2. The minimum Gasteiger partial charge on any atom is -0.483 e.